The number of pyridine rings is 1. The number of nitrogens with two attached hydrogens (primary N) is 1. The number of rotatable bonds is 3. The lowest BCUT2D eigenvalue weighted by molar-refractivity contribution is 0.181. The summed E-state index contributed by atoms with van der Waals surface area (Å²) in [6.45, 7) is 0.370. The van der Waals surface area contributed by atoms with E-state index in [1.54, 1.807) is 13.3 Å². The van der Waals surface area contributed by atoms with Crippen molar-refractivity contribution in [2.45, 2.75) is 6.61 Å². The van der Waals surface area contributed by atoms with Gasteiger partial charge in [-0.1, -0.05) is 6.07 Å². The van der Waals surface area contributed by atoms with Crippen molar-refractivity contribution >= 4 is 32.7 Å². The second kappa shape index (κ2) is 5.75. The highest BCUT2D eigenvalue weighted by Crippen LogP contribution is 2.27. The van der Waals surface area contributed by atoms with Crippen molar-refractivity contribution in [1.29, 1.82) is 0 Å². The number of ether oxygens (including phenoxy) is 1. The van der Waals surface area contributed by atoms with Gasteiger partial charge in [0.1, 0.15) is 5.82 Å². The molecule has 2 aromatic heterocycles. The molecule has 1 aromatic carbocycles. The predicted octanol–water partition coefficient (Wildman–Crippen LogP) is 3.18. The third-order valence-electron chi connectivity index (χ3n) is 3.09. The zero-order valence-electron chi connectivity index (χ0n) is 11.4. The van der Waals surface area contributed by atoms with Gasteiger partial charge >= 0.3 is 0 Å². The average molecular weight is 345 g/mol. The van der Waals surface area contributed by atoms with Crippen LogP contribution in [0, 0.1) is 0 Å². The van der Waals surface area contributed by atoms with Gasteiger partial charge in [-0.3, -0.25) is 4.98 Å². The van der Waals surface area contributed by atoms with Gasteiger partial charge in [0.15, 0.2) is 5.82 Å². The molecule has 21 heavy (non-hydrogen) atoms. The molecule has 6 heteroatoms. The number of nitrogens with zero attached hydrogens (tertiary/aromatic N) is 3. The van der Waals surface area contributed by atoms with Crippen molar-refractivity contribution < 1.29 is 4.74 Å². The first-order chi connectivity index (χ1) is 10.2. The molecule has 2 N–H and O–H groups in total. The second-order valence-corrected chi connectivity index (χ2v) is 5.33. The number of hydrogen-bond donors (Lipinski definition) is 1. The lowest BCUT2D eigenvalue weighted by atomic mass is 10.1. The summed E-state index contributed by atoms with van der Waals surface area (Å²) >= 11 is 3.39. The highest BCUT2D eigenvalue weighted by Gasteiger charge is 2.11. The largest absolute Gasteiger partial charge is 0.383 e. The Morgan fingerprint density at radius 1 is 1.24 bits per heavy atom. The fourth-order valence-electron chi connectivity index (χ4n) is 2.09. The van der Waals surface area contributed by atoms with Gasteiger partial charge in [0.25, 0.3) is 0 Å². The van der Waals surface area contributed by atoms with Gasteiger partial charge in [-0.25, -0.2) is 9.97 Å². The molecule has 0 aliphatic heterocycles. The van der Waals surface area contributed by atoms with Crippen LogP contribution in [-0.4, -0.2) is 22.1 Å². The maximum atomic E-state index is 5.94. The van der Waals surface area contributed by atoms with Crippen LogP contribution < -0.4 is 5.73 Å². The van der Waals surface area contributed by atoms with E-state index in [1.165, 1.54) is 0 Å². The Hall–Kier alpha value is -2.05. The standard InChI is InChI=1S/C15H13BrN4O/c1-21-8-12-13(16)14(17)20-15(19-12)10-4-5-11-9(7-10)3-2-6-18-11/h2-7H,8H2,1H3,(H2,17,19,20). The number of fused-ring (bicyclic) bond motifs is 1. The van der Waals surface area contributed by atoms with E-state index < -0.39 is 0 Å². The zero-order chi connectivity index (χ0) is 14.8. The number of halogens is 1. The predicted molar refractivity (Wildman–Crippen MR) is 85.6 cm³/mol. The third-order valence-corrected chi connectivity index (χ3v) is 3.95. The molecule has 3 aromatic rings. The molecule has 0 radical (unpaired) electrons. The summed E-state index contributed by atoms with van der Waals surface area (Å²) in [5, 5.41) is 1.04. The molecular formula is C15H13BrN4O. The van der Waals surface area contributed by atoms with E-state index in [4.69, 9.17) is 10.5 Å². The Morgan fingerprint density at radius 2 is 2.10 bits per heavy atom. The van der Waals surface area contributed by atoms with Crippen molar-refractivity contribution in [2.24, 2.45) is 0 Å². The summed E-state index contributed by atoms with van der Waals surface area (Å²) in [7, 11) is 1.62. The molecule has 0 amide bonds. The van der Waals surface area contributed by atoms with Gasteiger partial charge < -0.3 is 10.5 Å². The number of benzene rings is 1. The zero-order valence-corrected chi connectivity index (χ0v) is 13.0. The molecule has 3 rings (SSSR count). The quantitative estimate of drug-likeness (QED) is 0.789. The lowest BCUT2D eigenvalue weighted by Gasteiger charge is -2.09. The number of hydrogen-bond acceptors (Lipinski definition) is 5. The molecule has 0 aliphatic carbocycles. The van der Waals surface area contributed by atoms with E-state index in [2.05, 4.69) is 30.9 Å². The van der Waals surface area contributed by atoms with E-state index >= 15 is 0 Å². The average Bonchev–Trinajstić information content (AvgIpc) is 2.51. The Morgan fingerprint density at radius 3 is 2.90 bits per heavy atom. The van der Waals surface area contributed by atoms with Crippen LogP contribution in [0.25, 0.3) is 22.3 Å². The fourth-order valence-corrected chi connectivity index (χ4v) is 2.38. The van der Waals surface area contributed by atoms with Crippen LogP contribution in [0.15, 0.2) is 41.0 Å². The van der Waals surface area contributed by atoms with Gasteiger partial charge in [-0.2, -0.15) is 0 Å². The molecule has 0 atom stereocenters. The van der Waals surface area contributed by atoms with Gasteiger partial charge in [-0.15, -0.1) is 0 Å². The highest BCUT2D eigenvalue weighted by atomic mass is 79.9. The lowest BCUT2D eigenvalue weighted by Crippen LogP contribution is -2.03. The molecule has 0 saturated heterocycles. The van der Waals surface area contributed by atoms with Gasteiger partial charge in [0, 0.05) is 24.3 Å². The summed E-state index contributed by atoms with van der Waals surface area (Å²) < 4.78 is 5.82. The maximum Gasteiger partial charge on any atom is 0.161 e. The first-order valence-corrected chi connectivity index (χ1v) is 7.14. The number of aromatic nitrogens is 3. The Bertz CT molecular complexity index is 807. The fraction of sp³-hybridized carbons (Fsp3) is 0.133. The van der Waals surface area contributed by atoms with Crippen molar-refractivity contribution in [3.05, 3.63) is 46.7 Å². The number of methoxy groups -OCH3 is 1. The van der Waals surface area contributed by atoms with Gasteiger partial charge in [0.2, 0.25) is 0 Å². The Kier molecular flexibility index (Phi) is 3.81. The van der Waals surface area contributed by atoms with Crippen LogP contribution in [0.2, 0.25) is 0 Å². The molecular weight excluding hydrogens is 332 g/mol. The molecule has 0 spiro atoms. The minimum atomic E-state index is 0.370. The van der Waals surface area contributed by atoms with Crippen molar-refractivity contribution in [1.82, 2.24) is 15.0 Å². The van der Waals surface area contributed by atoms with Crippen LogP contribution in [0.5, 0.6) is 0 Å². The monoisotopic (exact) mass is 344 g/mol. The van der Waals surface area contributed by atoms with Gasteiger partial charge in [-0.05, 0) is 40.2 Å². The van der Waals surface area contributed by atoms with Crippen LogP contribution in [-0.2, 0) is 11.3 Å². The van der Waals surface area contributed by atoms with Gasteiger partial charge in [0.05, 0.1) is 22.3 Å². The molecule has 2 heterocycles. The van der Waals surface area contributed by atoms with Crippen LogP contribution in [0.3, 0.4) is 0 Å². The Balaban J connectivity index is 2.13. The van der Waals surface area contributed by atoms with Crippen molar-refractivity contribution in [3.63, 3.8) is 0 Å². The molecule has 0 unspecified atom stereocenters. The normalized spacial score (nSPS) is 11.0. The molecule has 0 bridgehead atoms. The minimum Gasteiger partial charge on any atom is -0.383 e. The van der Waals surface area contributed by atoms with E-state index in [0.717, 1.165) is 22.2 Å². The van der Waals surface area contributed by atoms with Crippen molar-refractivity contribution in [2.75, 3.05) is 12.8 Å². The summed E-state index contributed by atoms with van der Waals surface area (Å²) in [5.74, 6) is 0.979. The smallest absolute Gasteiger partial charge is 0.161 e. The SMILES string of the molecule is COCc1nc(-c2ccc3ncccc3c2)nc(N)c1Br. The minimum absolute atomic E-state index is 0.370. The van der Waals surface area contributed by atoms with E-state index in [0.29, 0.717) is 22.7 Å². The van der Waals surface area contributed by atoms with E-state index in [-0.39, 0.29) is 0 Å². The highest BCUT2D eigenvalue weighted by molar-refractivity contribution is 9.10. The molecule has 0 saturated carbocycles. The van der Waals surface area contributed by atoms with Crippen LogP contribution >= 0.6 is 15.9 Å². The van der Waals surface area contributed by atoms with Crippen LogP contribution in [0.1, 0.15) is 5.69 Å². The van der Waals surface area contributed by atoms with Crippen LogP contribution in [0.4, 0.5) is 5.82 Å². The third kappa shape index (κ3) is 2.72. The molecule has 5 nitrogen and oxygen atoms in total. The number of anilines is 1. The topological polar surface area (TPSA) is 73.9 Å². The first-order valence-electron chi connectivity index (χ1n) is 6.35. The molecule has 0 fully saturated rings. The summed E-state index contributed by atoms with van der Waals surface area (Å²) in [6.07, 6.45) is 1.77. The van der Waals surface area contributed by atoms with Crippen molar-refractivity contribution in [3.8, 4) is 11.4 Å². The number of nitrogen functional groups attached to an aromatic ring is 1. The Labute approximate surface area is 130 Å². The van der Waals surface area contributed by atoms with E-state index in [1.807, 2.05) is 30.3 Å². The molecule has 106 valence electrons. The molecule has 0 aliphatic rings. The van der Waals surface area contributed by atoms with E-state index in [9.17, 15) is 0 Å². The summed E-state index contributed by atoms with van der Waals surface area (Å²) in [5.41, 5.74) is 8.49. The first kappa shape index (κ1) is 13.9. The maximum absolute atomic E-state index is 5.94. The summed E-state index contributed by atoms with van der Waals surface area (Å²) in [6, 6.07) is 9.79. The second-order valence-electron chi connectivity index (χ2n) is 4.54. The summed E-state index contributed by atoms with van der Waals surface area (Å²) in [4.78, 5) is 13.2.